The van der Waals surface area contributed by atoms with Gasteiger partial charge in [-0.05, 0) is 24.3 Å². The van der Waals surface area contributed by atoms with Crippen LogP contribution in [-0.4, -0.2) is 47.0 Å². The van der Waals surface area contributed by atoms with Crippen LogP contribution in [0.2, 0.25) is 0 Å². The second kappa shape index (κ2) is 6.41. The molecule has 1 aliphatic heterocycles. The molecule has 3 rings (SSSR count). The highest BCUT2D eigenvalue weighted by Gasteiger charge is 2.21. The Hall–Kier alpha value is -2.34. The summed E-state index contributed by atoms with van der Waals surface area (Å²) in [5.74, 6) is 0.961. The van der Waals surface area contributed by atoms with E-state index < -0.39 is 0 Å². The molecule has 6 heteroatoms. The van der Waals surface area contributed by atoms with Gasteiger partial charge in [-0.2, -0.15) is 0 Å². The molecule has 2 aromatic rings. The number of carbonyl (C=O) groups is 1. The molecule has 0 atom stereocenters. The van der Waals surface area contributed by atoms with Crippen molar-refractivity contribution in [3.8, 4) is 0 Å². The van der Waals surface area contributed by atoms with Crippen molar-refractivity contribution in [2.75, 3.05) is 31.5 Å². The van der Waals surface area contributed by atoms with Crippen LogP contribution in [0.25, 0.3) is 0 Å². The monoisotopic (exact) mass is 286 g/mol. The molecular weight excluding hydrogens is 268 g/mol. The van der Waals surface area contributed by atoms with Crippen LogP contribution in [0.3, 0.4) is 0 Å². The molecule has 110 valence electrons. The first-order valence-corrected chi connectivity index (χ1v) is 7.02. The van der Waals surface area contributed by atoms with Gasteiger partial charge >= 0.3 is 6.03 Å². The number of amides is 2. The molecular formula is C15H18N4O2. The zero-order valence-corrected chi connectivity index (χ0v) is 11.7. The zero-order chi connectivity index (χ0) is 14.5. The summed E-state index contributed by atoms with van der Waals surface area (Å²) in [4.78, 5) is 20.2. The number of hydrogen-bond acceptors (Lipinski definition) is 4. The van der Waals surface area contributed by atoms with Gasteiger partial charge in [0, 0.05) is 32.4 Å². The van der Waals surface area contributed by atoms with Crippen LogP contribution in [0.5, 0.6) is 0 Å². The fourth-order valence-electron chi connectivity index (χ4n) is 2.37. The molecule has 0 bridgehead atoms. The van der Waals surface area contributed by atoms with E-state index in [1.807, 2.05) is 23.1 Å². The molecule has 0 aromatic carbocycles. The van der Waals surface area contributed by atoms with Gasteiger partial charge in [-0.25, -0.2) is 4.79 Å². The van der Waals surface area contributed by atoms with Gasteiger partial charge in [0.1, 0.15) is 5.76 Å². The minimum atomic E-state index is -0.0688. The van der Waals surface area contributed by atoms with Gasteiger partial charge in [-0.15, -0.1) is 0 Å². The van der Waals surface area contributed by atoms with Gasteiger partial charge in [-0.3, -0.25) is 9.88 Å². The third kappa shape index (κ3) is 3.61. The fraction of sp³-hybridized carbons (Fsp3) is 0.333. The van der Waals surface area contributed by atoms with Crippen molar-refractivity contribution in [1.29, 1.82) is 0 Å². The Kier molecular flexibility index (Phi) is 4.16. The second-order valence-corrected chi connectivity index (χ2v) is 5.01. The maximum atomic E-state index is 12.1. The van der Waals surface area contributed by atoms with Crippen molar-refractivity contribution in [3.63, 3.8) is 0 Å². The largest absolute Gasteiger partial charge is 0.468 e. The van der Waals surface area contributed by atoms with E-state index >= 15 is 0 Å². The van der Waals surface area contributed by atoms with Crippen LogP contribution in [-0.2, 0) is 6.54 Å². The molecule has 2 aromatic heterocycles. The SMILES string of the molecule is O=C(Nc1cccnc1)N1CCN(Cc2ccco2)CC1. The van der Waals surface area contributed by atoms with Gasteiger partial charge in [-0.1, -0.05) is 0 Å². The lowest BCUT2D eigenvalue weighted by molar-refractivity contribution is 0.137. The molecule has 1 N–H and O–H groups in total. The van der Waals surface area contributed by atoms with E-state index in [-0.39, 0.29) is 6.03 Å². The van der Waals surface area contributed by atoms with Crippen LogP contribution < -0.4 is 5.32 Å². The molecule has 0 saturated carbocycles. The Labute approximate surface area is 123 Å². The van der Waals surface area contributed by atoms with Crippen LogP contribution in [0, 0.1) is 0 Å². The lowest BCUT2D eigenvalue weighted by atomic mass is 10.3. The summed E-state index contributed by atoms with van der Waals surface area (Å²) in [6.45, 7) is 3.92. The topological polar surface area (TPSA) is 61.6 Å². The molecule has 1 saturated heterocycles. The van der Waals surface area contributed by atoms with Crippen LogP contribution in [0.15, 0.2) is 47.3 Å². The summed E-state index contributed by atoms with van der Waals surface area (Å²) in [6.07, 6.45) is 5.01. The normalized spacial score (nSPS) is 15.9. The zero-order valence-electron chi connectivity index (χ0n) is 11.7. The number of nitrogens with zero attached hydrogens (tertiary/aromatic N) is 3. The van der Waals surface area contributed by atoms with Crippen molar-refractivity contribution in [2.45, 2.75) is 6.54 Å². The minimum absolute atomic E-state index is 0.0688. The highest BCUT2D eigenvalue weighted by molar-refractivity contribution is 5.89. The van der Waals surface area contributed by atoms with E-state index in [1.165, 1.54) is 0 Å². The Bertz CT molecular complexity index is 563. The fourth-order valence-corrected chi connectivity index (χ4v) is 2.37. The van der Waals surface area contributed by atoms with Gasteiger partial charge in [0.2, 0.25) is 0 Å². The molecule has 1 aliphatic rings. The maximum Gasteiger partial charge on any atom is 0.321 e. The van der Waals surface area contributed by atoms with Gasteiger partial charge < -0.3 is 14.6 Å². The molecule has 1 fully saturated rings. The summed E-state index contributed by atoms with van der Waals surface area (Å²) in [5, 5.41) is 2.86. The van der Waals surface area contributed by atoms with Crippen LogP contribution in [0.4, 0.5) is 10.5 Å². The molecule has 0 spiro atoms. The van der Waals surface area contributed by atoms with Crippen molar-refractivity contribution in [3.05, 3.63) is 48.7 Å². The Morgan fingerprint density at radius 1 is 1.24 bits per heavy atom. The molecule has 2 amide bonds. The van der Waals surface area contributed by atoms with Gasteiger partial charge in [0.15, 0.2) is 0 Å². The number of furan rings is 1. The van der Waals surface area contributed by atoms with Gasteiger partial charge in [0.25, 0.3) is 0 Å². The smallest absolute Gasteiger partial charge is 0.321 e. The highest BCUT2D eigenvalue weighted by atomic mass is 16.3. The molecule has 0 aliphatic carbocycles. The average molecular weight is 286 g/mol. The van der Waals surface area contributed by atoms with Crippen molar-refractivity contribution in [1.82, 2.24) is 14.8 Å². The number of piperazine rings is 1. The summed E-state index contributed by atoms with van der Waals surface area (Å²) in [5.41, 5.74) is 0.723. The standard InChI is InChI=1S/C15H18N4O2/c20-15(17-13-3-1-5-16-11-13)19-8-6-18(7-9-19)12-14-4-2-10-21-14/h1-5,10-11H,6-9,12H2,(H,17,20). The highest BCUT2D eigenvalue weighted by Crippen LogP contribution is 2.11. The van der Waals surface area contributed by atoms with E-state index in [1.54, 1.807) is 24.7 Å². The predicted molar refractivity (Wildman–Crippen MR) is 78.8 cm³/mol. The Balaban J connectivity index is 1.48. The molecule has 0 radical (unpaired) electrons. The number of aromatic nitrogens is 1. The number of urea groups is 1. The Morgan fingerprint density at radius 3 is 2.76 bits per heavy atom. The number of rotatable bonds is 3. The molecule has 6 nitrogen and oxygen atoms in total. The minimum Gasteiger partial charge on any atom is -0.468 e. The van der Waals surface area contributed by atoms with Crippen molar-refractivity contribution < 1.29 is 9.21 Å². The molecule has 3 heterocycles. The van der Waals surface area contributed by atoms with Gasteiger partial charge in [0.05, 0.1) is 24.7 Å². The van der Waals surface area contributed by atoms with E-state index in [2.05, 4.69) is 15.2 Å². The lowest BCUT2D eigenvalue weighted by Gasteiger charge is -2.34. The number of nitrogens with one attached hydrogen (secondary N) is 1. The third-order valence-electron chi connectivity index (χ3n) is 3.53. The summed E-state index contributed by atoms with van der Waals surface area (Å²) >= 11 is 0. The first-order chi connectivity index (χ1) is 10.3. The van der Waals surface area contributed by atoms with Crippen LogP contribution in [0.1, 0.15) is 5.76 Å². The number of hydrogen-bond donors (Lipinski definition) is 1. The second-order valence-electron chi connectivity index (χ2n) is 5.01. The summed E-state index contributed by atoms with van der Waals surface area (Å²) in [6, 6.07) is 7.43. The summed E-state index contributed by atoms with van der Waals surface area (Å²) in [7, 11) is 0. The Morgan fingerprint density at radius 2 is 2.10 bits per heavy atom. The number of carbonyl (C=O) groups excluding carboxylic acids is 1. The first kappa shape index (κ1) is 13.6. The van der Waals surface area contributed by atoms with Crippen LogP contribution >= 0.6 is 0 Å². The predicted octanol–water partition coefficient (Wildman–Crippen LogP) is 2.02. The number of pyridine rings is 1. The van der Waals surface area contributed by atoms with Crippen molar-refractivity contribution >= 4 is 11.7 Å². The number of anilines is 1. The van der Waals surface area contributed by atoms with E-state index in [9.17, 15) is 4.79 Å². The van der Waals surface area contributed by atoms with E-state index in [0.717, 1.165) is 31.1 Å². The van der Waals surface area contributed by atoms with Crippen molar-refractivity contribution in [2.24, 2.45) is 0 Å². The maximum absolute atomic E-state index is 12.1. The average Bonchev–Trinajstić information content (AvgIpc) is 3.02. The summed E-state index contributed by atoms with van der Waals surface area (Å²) < 4.78 is 5.35. The molecule has 0 unspecified atom stereocenters. The van der Waals surface area contributed by atoms with E-state index in [4.69, 9.17) is 4.42 Å². The molecule has 21 heavy (non-hydrogen) atoms. The first-order valence-electron chi connectivity index (χ1n) is 7.02. The quantitative estimate of drug-likeness (QED) is 0.937. The third-order valence-corrected chi connectivity index (χ3v) is 3.53. The van der Waals surface area contributed by atoms with E-state index in [0.29, 0.717) is 13.1 Å². The lowest BCUT2D eigenvalue weighted by Crippen LogP contribution is -2.49.